The lowest BCUT2D eigenvalue weighted by Crippen LogP contribution is -2.29. The average Bonchev–Trinajstić information content (AvgIpc) is 2.73. The number of hydrogen-bond donors (Lipinski definition) is 3. The van der Waals surface area contributed by atoms with E-state index in [1.807, 2.05) is 6.07 Å². The van der Waals surface area contributed by atoms with E-state index >= 15 is 0 Å². The van der Waals surface area contributed by atoms with Gasteiger partial charge in [-0.05, 0) is 50.5 Å². The van der Waals surface area contributed by atoms with Gasteiger partial charge in [-0.25, -0.2) is 18.9 Å². The Bertz CT molecular complexity index is 1040. The zero-order chi connectivity index (χ0) is 22.4. The molecular formula is C20H26ClN5O4S. The number of amides is 1. The molecule has 0 bridgehead atoms. The minimum atomic E-state index is -3.53. The second kappa shape index (κ2) is 10.2. The lowest BCUT2D eigenvalue weighted by Gasteiger charge is -2.29. The van der Waals surface area contributed by atoms with E-state index in [1.165, 1.54) is 18.7 Å². The fourth-order valence-electron chi connectivity index (χ4n) is 3.33. The van der Waals surface area contributed by atoms with E-state index in [4.69, 9.17) is 16.4 Å². The monoisotopic (exact) mass is 467 g/mol. The zero-order valence-electron chi connectivity index (χ0n) is 17.4. The summed E-state index contributed by atoms with van der Waals surface area (Å²) in [5.41, 5.74) is 4.65. The number of halogens is 1. The van der Waals surface area contributed by atoms with Crippen molar-refractivity contribution in [1.82, 2.24) is 10.5 Å². The fraction of sp³-hybridized carbons (Fsp3) is 0.400. The van der Waals surface area contributed by atoms with Crippen molar-refractivity contribution in [3.05, 3.63) is 41.2 Å². The van der Waals surface area contributed by atoms with Gasteiger partial charge in [0.2, 0.25) is 10.0 Å². The Labute approximate surface area is 187 Å². The first-order chi connectivity index (χ1) is 14.8. The van der Waals surface area contributed by atoms with Crippen molar-refractivity contribution in [2.75, 3.05) is 40.9 Å². The number of benzene rings is 1. The summed E-state index contributed by atoms with van der Waals surface area (Å²) >= 11 is 6.03. The lowest BCUT2D eigenvalue weighted by molar-refractivity contribution is 0.0365. The number of nitrogens with zero attached hydrogens (tertiary/aromatic N) is 2. The summed E-state index contributed by atoms with van der Waals surface area (Å²) in [4.78, 5) is 23.6. The molecule has 1 aliphatic heterocycles. The van der Waals surface area contributed by atoms with Crippen LogP contribution in [0.2, 0.25) is 5.15 Å². The summed E-state index contributed by atoms with van der Waals surface area (Å²) in [7, 11) is -3.53. The first-order valence-corrected chi connectivity index (χ1v) is 12.3. The molecule has 3 N–H and O–H groups in total. The first-order valence-electron chi connectivity index (χ1n) is 9.98. The molecule has 1 amide bonds. The highest BCUT2D eigenvalue weighted by atomic mass is 35.5. The van der Waals surface area contributed by atoms with E-state index in [9.17, 15) is 13.2 Å². The summed E-state index contributed by atoms with van der Waals surface area (Å²) in [5.74, 6) is -0.504. The number of carbonyl (C=O) groups is 1. The molecular weight excluding hydrogens is 442 g/mol. The van der Waals surface area contributed by atoms with E-state index in [0.717, 1.165) is 37.9 Å². The van der Waals surface area contributed by atoms with Gasteiger partial charge in [0.1, 0.15) is 5.15 Å². The Balaban J connectivity index is 1.96. The molecule has 1 fully saturated rings. The summed E-state index contributed by atoms with van der Waals surface area (Å²) in [5, 5.41) is 3.28. The molecule has 1 saturated heterocycles. The second-order valence-corrected chi connectivity index (χ2v) is 9.33. The van der Waals surface area contributed by atoms with Crippen molar-refractivity contribution in [3.8, 4) is 0 Å². The van der Waals surface area contributed by atoms with E-state index in [0.29, 0.717) is 23.7 Å². The van der Waals surface area contributed by atoms with E-state index in [-0.39, 0.29) is 10.7 Å². The Morgan fingerprint density at radius 1 is 1.16 bits per heavy atom. The highest BCUT2D eigenvalue weighted by Crippen LogP contribution is 2.33. The maximum absolute atomic E-state index is 12.4. The van der Waals surface area contributed by atoms with Crippen LogP contribution in [0.1, 0.15) is 36.5 Å². The van der Waals surface area contributed by atoms with Crippen molar-refractivity contribution in [3.63, 3.8) is 0 Å². The Morgan fingerprint density at radius 3 is 2.58 bits per heavy atom. The maximum Gasteiger partial charge on any atom is 0.278 e. The van der Waals surface area contributed by atoms with Crippen LogP contribution in [0.15, 0.2) is 30.5 Å². The van der Waals surface area contributed by atoms with Gasteiger partial charge in [-0.15, -0.1) is 0 Å². The Morgan fingerprint density at radius 2 is 1.90 bits per heavy atom. The fourth-order valence-corrected chi connectivity index (χ4v) is 4.05. The number of pyridine rings is 1. The number of carbonyl (C=O) groups excluding carboxylic acids is 1. The molecule has 2 heterocycles. The van der Waals surface area contributed by atoms with Gasteiger partial charge in [0.15, 0.2) is 0 Å². The smallest absolute Gasteiger partial charge is 0.278 e. The number of nitrogens with one attached hydrogen (secondary N) is 3. The molecule has 0 atom stereocenters. The number of anilines is 4. The molecule has 1 aliphatic rings. The quantitative estimate of drug-likeness (QED) is 0.402. The van der Waals surface area contributed by atoms with Gasteiger partial charge in [-0.2, -0.15) is 0 Å². The number of hydroxylamine groups is 1. The Hall–Kier alpha value is -2.56. The van der Waals surface area contributed by atoms with Crippen molar-refractivity contribution in [1.29, 1.82) is 0 Å². The largest absolute Gasteiger partial charge is 0.371 e. The SMILES string of the molecule is CCONC(=O)c1cnc(Cl)cc1Nc1ccc(N2CCCCC2)cc1NS(C)(=O)=O. The van der Waals surface area contributed by atoms with Crippen LogP contribution in [0.4, 0.5) is 22.7 Å². The molecule has 31 heavy (non-hydrogen) atoms. The molecule has 0 unspecified atom stereocenters. The van der Waals surface area contributed by atoms with Gasteiger partial charge in [0.25, 0.3) is 5.91 Å². The van der Waals surface area contributed by atoms with Gasteiger partial charge in [-0.1, -0.05) is 11.6 Å². The normalized spacial score (nSPS) is 14.2. The molecule has 3 rings (SSSR count). The summed E-state index contributed by atoms with van der Waals surface area (Å²) in [6.07, 6.45) is 5.81. The molecule has 11 heteroatoms. The predicted octanol–water partition coefficient (Wildman–Crippen LogP) is 3.52. The minimum absolute atomic E-state index is 0.179. The maximum atomic E-state index is 12.4. The summed E-state index contributed by atoms with van der Waals surface area (Å²) in [6, 6.07) is 6.97. The average molecular weight is 468 g/mol. The van der Waals surface area contributed by atoms with Crippen LogP contribution in [0, 0.1) is 0 Å². The number of hydrogen-bond acceptors (Lipinski definition) is 7. The molecule has 0 aliphatic carbocycles. The lowest BCUT2D eigenvalue weighted by atomic mass is 10.1. The third-order valence-corrected chi connectivity index (χ3v) is 5.51. The van der Waals surface area contributed by atoms with Crippen LogP contribution in [0.5, 0.6) is 0 Å². The molecule has 0 radical (unpaired) electrons. The molecule has 168 valence electrons. The van der Waals surface area contributed by atoms with Crippen molar-refractivity contribution in [2.45, 2.75) is 26.2 Å². The van der Waals surface area contributed by atoms with Crippen molar-refractivity contribution in [2.24, 2.45) is 0 Å². The van der Waals surface area contributed by atoms with Crippen molar-refractivity contribution >= 4 is 50.3 Å². The second-order valence-electron chi connectivity index (χ2n) is 7.19. The molecule has 9 nitrogen and oxygen atoms in total. The van der Waals surface area contributed by atoms with Crippen LogP contribution in [0.3, 0.4) is 0 Å². The standard InChI is InChI=1S/C20H26ClN5O4S/c1-3-30-24-20(27)15-13-22-19(21)12-17(15)23-16-8-7-14(26-9-5-4-6-10-26)11-18(16)25-31(2,28)29/h7-8,11-13,25H,3-6,9-10H2,1-2H3,(H,22,23)(H,24,27). The molecule has 0 spiro atoms. The number of piperidine rings is 1. The van der Waals surface area contributed by atoms with Crippen LogP contribution in [-0.4, -0.2) is 45.3 Å². The molecule has 1 aromatic heterocycles. The summed E-state index contributed by atoms with van der Waals surface area (Å²) in [6.45, 7) is 3.89. The van der Waals surface area contributed by atoms with Gasteiger partial charge >= 0.3 is 0 Å². The van der Waals surface area contributed by atoms with E-state index in [2.05, 4.69) is 25.4 Å². The first kappa shape index (κ1) is 23.1. The van der Waals surface area contributed by atoms with Gasteiger partial charge < -0.3 is 10.2 Å². The predicted molar refractivity (Wildman–Crippen MR) is 123 cm³/mol. The molecule has 0 saturated carbocycles. The third-order valence-electron chi connectivity index (χ3n) is 4.71. The summed E-state index contributed by atoms with van der Waals surface area (Å²) < 4.78 is 26.5. The number of aromatic nitrogens is 1. The topological polar surface area (TPSA) is 113 Å². The number of rotatable bonds is 8. The highest BCUT2D eigenvalue weighted by Gasteiger charge is 2.18. The number of sulfonamides is 1. The van der Waals surface area contributed by atoms with E-state index < -0.39 is 15.9 Å². The van der Waals surface area contributed by atoms with Crippen molar-refractivity contribution < 1.29 is 18.0 Å². The Kier molecular flexibility index (Phi) is 7.58. The van der Waals surface area contributed by atoms with E-state index in [1.54, 1.807) is 19.1 Å². The van der Waals surface area contributed by atoms with Gasteiger partial charge in [0, 0.05) is 25.0 Å². The third kappa shape index (κ3) is 6.46. The van der Waals surface area contributed by atoms with Crippen LogP contribution in [0.25, 0.3) is 0 Å². The highest BCUT2D eigenvalue weighted by molar-refractivity contribution is 7.92. The van der Waals surface area contributed by atoms with Gasteiger partial charge in [-0.3, -0.25) is 14.4 Å². The zero-order valence-corrected chi connectivity index (χ0v) is 19.0. The molecule has 2 aromatic rings. The molecule has 1 aromatic carbocycles. The van der Waals surface area contributed by atoms with Crippen LogP contribution in [-0.2, 0) is 14.9 Å². The minimum Gasteiger partial charge on any atom is -0.371 e. The van der Waals surface area contributed by atoms with Crippen LogP contribution < -0.4 is 20.4 Å². The van der Waals surface area contributed by atoms with Crippen LogP contribution >= 0.6 is 11.6 Å². The van der Waals surface area contributed by atoms with Gasteiger partial charge in [0.05, 0.1) is 35.5 Å².